The first kappa shape index (κ1) is 104. The molecule has 750 valence electrons. The average Bonchev–Trinajstić information content (AvgIpc) is 1.63. The van der Waals surface area contributed by atoms with E-state index in [9.17, 15) is 75.9 Å². The van der Waals surface area contributed by atoms with Gasteiger partial charge in [0.15, 0.2) is 5.65 Å². The van der Waals surface area contributed by atoms with Crippen LogP contribution in [0.2, 0.25) is 25.1 Å². The highest BCUT2D eigenvalue weighted by Gasteiger charge is 2.39. The number of benzene rings is 7. The Kier molecular flexibility index (Phi) is 32.3. The van der Waals surface area contributed by atoms with Gasteiger partial charge in [0.1, 0.15) is 44.4 Å². The second-order valence-electron chi connectivity index (χ2n) is 33.6. The van der Waals surface area contributed by atoms with Crippen LogP contribution in [0, 0.1) is 0 Å². The number of carbonyl (C=O) groups is 5. The van der Waals surface area contributed by atoms with E-state index in [1.807, 2.05) is 33.5 Å². The van der Waals surface area contributed by atoms with E-state index < -0.39 is 57.8 Å². The minimum Gasteiger partial charge on any atom is -0.478 e. The maximum atomic E-state index is 13.2. The van der Waals surface area contributed by atoms with Crippen LogP contribution < -0.4 is 21.3 Å². The number of thiophene rings is 4. The Morgan fingerprint density at radius 1 is 0.361 bits per heavy atom. The number of fused-ring (bicyclic) bond motifs is 4. The molecule has 144 heavy (non-hydrogen) atoms. The van der Waals surface area contributed by atoms with Gasteiger partial charge in [-0.1, -0.05) is 68.4 Å². The van der Waals surface area contributed by atoms with Crippen LogP contribution in [0.25, 0.3) is 44.3 Å². The van der Waals surface area contributed by atoms with E-state index in [1.165, 1.54) is 64.2 Å². The molecule has 0 radical (unpaired) electrons. The van der Waals surface area contributed by atoms with E-state index in [-0.39, 0.29) is 115 Å². The quantitative estimate of drug-likeness (QED) is 0.0355. The molecule has 0 unspecified atom stereocenters. The van der Waals surface area contributed by atoms with Crippen LogP contribution in [0.15, 0.2) is 242 Å². The molecule has 20 rings (SSSR count). The summed E-state index contributed by atoms with van der Waals surface area (Å²) in [7, 11) is -14.6. The van der Waals surface area contributed by atoms with Crippen molar-refractivity contribution in [3.63, 3.8) is 0 Å². The monoisotopic (exact) mass is 2210 g/mol. The Morgan fingerprint density at radius 3 is 1.10 bits per heavy atom. The molecule has 4 aliphatic heterocycles. The van der Waals surface area contributed by atoms with Crippen molar-refractivity contribution < 1.29 is 75.9 Å². The summed E-state index contributed by atoms with van der Waals surface area (Å²) in [5.74, 6) is -2.08. The molecular weight excluding hydrogens is 2120 g/mol. The predicted octanol–water partition coefficient (Wildman–Crippen LogP) is 17.8. The van der Waals surface area contributed by atoms with Crippen LogP contribution in [0.4, 0.5) is 13.2 Å². The third-order valence-electron chi connectivity index (χ3n) is 24.4. The predicted molar refractivity (Wildman–Crippen MR) is 543 cm³/mol. The molecule has 50 heteroatoms. The molecule has 0 bridgehead atoms. The Morgan fingerprint density at radius 2 is 0.708 bits per heavy atom. The van der Waals surface area contributed by atoms with Crippen LogP contribution in [0.3, 0.4) is 0 Å². The number of piperidine rings is 4. The van der Waals surface area contributed by atoms with Crippen LogP contribution in [-0.4, -0.2) is 197 Å². The summed E-state index contributed by atoms with van der Waals surface area (Å²) in [6.45, 7) is 3.61. The molecule has 34 nitrogen and oxygen atoms in total. The number of aromatic nitrogens is 12. The minimum atomic E-state index is -4.47. The molecule has 4 amide bonds. The molecule has 13 heterocycles. The fraction of sp³-hybridized carbons (Fsp3) is 0.266. The topological polar surface area (TPSA) is 426 Å². The number of sulfonamides is 4. The molecule has 0 saturated carbocycles. The van der Waals surface area contributed by atoms with Crippen LogP contribution in [-0.2, 0) is 72.4 Å². The second kappa shape index (κ2) is 44.8. The van der Waals surface area contributed by atoms with Crippen molar-refractivity contribution in [1.29, 1.82) is 0 Å². The van der Waals surface area contributed by atoms with E-state index in [0.717, 1.165) is 71.6 Å². The molecular formula is C94H86Cl5F3N20O14S8. The lowest BCUT2D eigenvalue weighted by Crippen LogP contribution is -2.39. The fourth-order valence-electron chi connectivity index (χ4n) is 16.6. The Balaban J connectivity index is 0.000000132. The number of nitrogens with zero attached hydrogens (tertiary/aromatic N) is 16. The van der Waals surface area contributed by atoms with Crippen molar-refractivity contribution in [3.05, 3.63) is 303 Å². The van der Waals surface area contributed by atoms with Crippen molar-refractivity contribution in [2.24, 2.45) is 0 Å². The normalized spacial score (nSPS) is 15.5. The minimum absolute atomic E-state index is 0.0480. The molecule has 0 spiro atoms. The van der Waals surface area contributed by atoms with Gasteiger partial charge in [-0.2, -0.15) is 45.4 Å². The van der Waals surface area contributed by atoms with Gasteiger partial charge in [-0.15, -0.1) is 55.5 Å². The number of pyridine rings is 1. The standard InChI is InChI=1S/C24H21ClF3N5O3S2.C24H22ClN5O5S2.C23H21Cl2N5O3S2.C23H22ClN5O3S2/c25-17-4-1-15(2-5-17)23(34)29-14-19-6-8-22(37-19)38(35,36)32-11-9-18(10-12-32)33-21-7-3-16(24(26,27)28)13-20(21)30-31-33;25-17-4-1-15(2-5-17)23(31)26-14-19-6-8-22(36-19)37(34,35)29-11-9-18(10-12-29)30-27-20-7-3-16(24(32)33)13-21(20)28-30;24-16-3-1-15(2-4-16)23(31)26-14-19-6-8-22(34-19)35(32,33)29-11-9-18(10-12-29)30-21-13-17(25)5-7-20(21)27-28-30;24-17-5-3-16(4-6-17)23(30)26-14-19-7-8-21(33-19)34(31,32)28-12-9-18(10-13-28)29-15-27-20-2-1-11-25-22(20)29/h1-8,13,18H,9-12,14H2,(H,29,34);1-8,13,18H,9-12,14H2,(H,26,31)(H,32,33);1-8,13,18H,9-12,14H2,(H,26,31);1-8,11,15,18H,9-10,12-14H2,(H,26,30). The van der Waals surface area contributed by atoms with Gasteiger partial charge in [0.2, 0.25) is 0 Å². The number of alkyl halides is 3. The smallest absolute Gasteiger partial charge is 0.416 e. The molecule has 4 fully saturated rings. The van der Waals surface area contributed by atoms with Gasteiger partial charge < -0.3 is 30.9 Å². The highest BCUT2D eigenvalue weighted by molar-refractivity contribution is 7.92. The van der Waals surface area contributed by atoms with Crippen LogP contribution >= 0.6 is 103 Å². The summed E-state index contributed by atoms with van der Waals surface area (Å²) >= 11 is 34.1. The van der Waals surface area contributed by atoms with E-state index in [4.69, 9.17) is 58.0 Å². The Hall–Kier alpha value is -11.6. The highest BCUT2D eigenvalue weighted by Crippen LogP contribution is 2.39. The molecule has 16 aromatic rings. The number of rotatable bonds is 25. The van der Waals surface area contributed by atoms with E-state index in [0.29, 0.717) is 159 Å². The molecule has 0 aliphatic carbocycles. The van der Waals surface area contributed by atoms with Crippen molar-refractivity contribution in [2.75, 3.05) is 52.4 Å². The first-order valence-electron chi connectivity index (χ1n) is 44.8. The highest BCUT2D eigenvalue weighted by atomic mass is 35.5. The van der Waals surface area contributed by atoms with Crippen LogP contribution in [0.1, 0.15) is 152 Å². The number of carbonyl (C=O) groups excluding carboxylic acids is 4. The summed E-state index contributed by atoms with van der Waals surface area (Å²) in [6, 6.07) is 56.3. The molecule has 0 atom stereocenters. The molecule has 4 saturated heterocycles. The van der Waals surface area contributed by atoms with Gasteiger partial charge in [-0.3, -0.25) is 19.2 Å². The van der Waals surface area contributed by atoms with E-state index in [1.54, 1.807) is 174 Å². The van der Waals surface area contributed by atoms with Gasteiger partial charge >= 0.3 is 12.1 Å². The SMILES string of the molecule is O=C(NCc1ccc(S(=O)(=O)N2CCC(n3cnc4cccnc43)CC2)s1)c1ccc(Cl)cc1.O=C(NCc1ccc(S(=O)(=O)N2CCC(n3nnc4cc(C(F)(F)F)ccc43)CC2)s1)c1ccc(Cl)cc1.O=C(NCc1ccc(S(=O)(=O)N2CCC(n3nnc4ccc(Cl)cc43)CC2)s1)c1ccc(Cl)cc1.O=C(O)c1ccc2nn(C3CCN(S(=O)(=O)c4ccc(CNC(=O)c5ccc(Cl)cc5)s4)CC3)nc2c1. The zero-order chi connectivity index (χ0) is 102. The van der Waals surface area contributed by atoms with Crippen molar-refractivity contribution >= 4 is 217 Å². The Bertz CT molecular complexity index is 7900. The number of amides is 4. The summed E-state index contributed by atoms with van der Waals surface area (Å²) in [5, 5.41) is 48.4. The van der Waals surface area contributed by atoms with Crippen molar-refractivity contribution in [3.8, 4) is 0 Å². The van der Waals surface area contributed by atoms with E-state index in [2.05, 4.69) is 62.1 Å². The molecule has 9 aromatic heterocycles. The average molecular weight is 2210 g/mol. The number of carboxylic acid groups (broad SMARTS) is 1. The maximum Gasteiger partial charge on any atom is 0.416 e. The number of hydrogen-bond acceptors (Lipinski definition) is 25. The Labute approximate surface area is 863 Å². The molecule has 7 aromatic carbocycles. The maximum absolute atomic E-state index is 13.2. The van der Waals surface area contributed by atoms with Gasteiger partial charge in [0.05, 0.1) is 72.8 Å². The fourth-order valence-corrected chi connectivity index (χ4v) is 29.0. The van der Waals surface area contributed by atoms with Gasteiger partial charge in [0, 0.05) is 131 Å². The first-order chi connectivity index (χ1) is 68.9. The zero-order valence-electron chi connectivity index (χ0n) is 75.5. The largest absolute Gasteiger partial charge is 0.478 e. The third kappa shape index (κ3) is 24.4. The lowest BCUT2D eigenvalue weighted by molar-refractivity contribution is -0.137. The number of halogens is 8. The molecule has 5 N–H and O–H groups in total. The summed E-state index contributed by atoms with van der Waals surface area (Å²) in [5.41, 5.74) is 6.23. The summed E-state index contributed by atoms with van der Waals surface area (Å²) < 4.78 is 157. The van der Waals surface area contributed by atoms with Crippen molar-refractivity contribution in [1.82, 2.24) is 98.0 Å². The number of nitrogens with one attached hydrogen (secondary N) is 4. The van der Waals surface area contributed by atoms with Gasteiger partial charge in [-0.05, 0) is 264 Å². The first-order valence-corrected chi connectivity index (χ1v) is 55.7. The number of aromatic carboxylic acids is 1. The number of imidazole rings is 1. The number of hydrogen-bond donors (Lipinski definition) is 5. The van der Waals surface area contributed by atoms with Gasteiger partial charge in [-0.25, -0.2) is 57.8 Å². The number of carboxylic acids is 1. The van der Waals surface area contributed by atoms with E-state index >= 15 is 0 Å². The van der Waals surface area contributed by atoms with Gasteiger partial charge in [0.25, 0.3) is 63.7 Å². The second-order valence-corrected chi connectivity index (χ2v) is 49.1. The van der Waals surface area contributed by atoms with Crippen LogP contribution in [0.5, 0.6) is 0 Å². The lowest BCUT2D eigenvalue weighted by Gasteiger charge is -2.31. The zero-order valence-corrected chi connectivity index (χ0v) is 85.8. The lowest BCUT2D eigenvalue weighted by atomic mass is 10.1. The third-order valence-corrected chi connectivity index (χ3v) is 39.4. The summed E-state index contributed by atoms with van der Waals surface area (Å²) in [6.07, 6.45) is 3.63. The van der Waals surface area contributed by atoms with Crippen molar-refractivity contribution in [2.45, 2.75) is 125 Å². The molecule has 4 aliphatic rings. The summed E-state index contributed by atoms with van der Waals surface area (Å²) in [4.78, 5) is 73.8.